The van der Waals surface area contributed by atoms with E-state index < -0.39 is 0 Å². The molecule has 1 amide bonds. The normalized spacial score (nSPS) is 17.4. The molecule has 3 aromatic rings. The predicted molar refractivity (Wildman–Crippen MR) is 102 cm³/mol. The van der Waals surface area contributed by atoms with Crippen LogP contribution in [0.4, 0.5) is 0 Å². The maximum atomic E-state index is 12.5. The summed E-state index contributed by atoms with van der Waals surface area (Å²) in [6, 6.07) is 9.51. The highest BCUT2D eigenvalue weighted by Crippen LogP contribution is 2.29. The zero-order chi connectivity index (χ0) is 18.1. The lowest BCUT2D eigenvalue weighted by Gasteiger charge is -2.17. The Bertz CT molecular complexity index is 935. The number of benzene rings is 1. The highest BCUT2D eigenvalue weighted by Gasteiger charge is 2.30. The van der Waals surface area contributed by atoms with Gasteiger partial charge < -0.3 is 4.90 Å². The average molecular weight is 369 g/mol. The van der Waals surface area contributed by atoms with Gasteiger partial charge in [0, 0.05) is 35.9 Å². The SMILES string of the molecule is CCCC1CC(=O)N(Cc2c(-c3ccc(Cl)cc3)nc3ncccn23)C1. The lowest BCUT2D eigenvalue weighted by atomic mass is 10.0. The molecule has 2 aromatic heterocycles. The van der Waals surface area contributed by atoms with Gasteiger partial charge in [-0.3, -0.25) is 9.20 Å². The summed E-state index contributed by atoms with van der Waals surface area (Å²) >= 11 is 6.03. The minimum absolute atomic E-state index is 0.226. The van der Waals surface area contributed by atoms with Crippen LogP contribution in [0.5, 0.6) is 0 Å². The van der Waals surface area contributed by atoms with Crippen molar-refractivity contribution in [2.24, 2.45) is 5.92 Å². The quantitative estimate of drug-likeness (QED) is 0.678. The third-order valence-corrected chi connectivity index (χ3v) is 5.20. The molecular formula is C20H21ClN4O. The number of imidazole rings is 1. The van der Waals surface area contributed by atoms with E-state index in [-0.39, 0.29) is 5.91 Å². The average Bonchev–Trinajstić information content (AvgIpc) is 3.17. The van der Waals surface area contributed by atoms with E-state index >= 15 is 0 Å². The Morgan fingerprint density at radius 3 is 2.85 bits per heavy atom. The molecule has 5 nitrogen and oxygen atoms in total. The molecule has 0 N–H and O–H groups in total. The second kappa shape index (κ2) is 7.08. The summed E-state index contributed by atoms with van der Waals surface area (Å²) in [6.07, 6.45) is 6.55. The molecule has 0 radical (unpaired) electrons. The van der Waals surface area contributed by atoms with Crippen LogP contribution in [0.15, 0.2) is 42.7 Å². The van der Waals surface area contributed by atoms with Gasteiger partial charge >= 0.3 is 0 Å². The molecular weight excluding hydrogens is 348 g/mol. The van der Waals surface area contributed by atoms with E-state index in [0.29, 0.717) is 29.7 Å². The summed E-state index contributed by atoms with van der Waals surface area (Å²) in [5.74, 6) is 1.33. The van der Waals surface area contributed by atoms with E-state index in [2.05, 4.69) is 11.9 Å². The van der Waals surface area contributed by atoms with Gasteiger partial charge in [-0.25, -0.2) is 9.97 Å². The molecule has 6 heteroatoms. The van der Waals surface area contributed by atoms with Crippen molar-refractivity contribution in [3.63, 3.8) is 0 Å². The van der Waals surface area contributed by atoms with Crippen LogP contribution in [0.1, 0.15) is 31.9 Å². The lowest BCUT2D eigenvalue weighted by molar-refractivity contribution is -0.128. The molecule has 0 bridgehead atoms. The fraction of sp³-hybridized carbons (Fsp3) is 0.350. The van der Waals surface area contributed by atoms with Crippen molar-refractivity contribution in [3.8, 4) is 11.3 Å². The molecule has 1 aromatic carbocycles. The van der Waals surface area contributed by atoms with E-state index in [4.69, 9.17) is 16.6 Å². The number of likely N-dealkylation sites (tertiary alicyclic amines) is 1. The summed E-state index contributed by atoms with van der Waals surface area (Å²) in [5, 5.41) is 0.689. The van der Waals surface area contributed by atoms with Gasteiger partial charge in [0.1, 0.15) is 0 Å². The first-order valence-corrected chi connectivity index (χ1v) is 9.39. The number of nitrogens with zero attached hydrogens (tertiary/aromatic N) is 4. The summed E-state index contributed by atoms with van der Waals surface area (Å²) in [6.45, 7) is 3.53. The second-order valence-electron chi connectivity index (χ2n) is 6.84. The Morgan fingerprint density at radius 1 is 1.27 bits per heavy atom. The molecule has 0 spiro atoms. The van der Waals surface area contributed by atoms with Gasteiger partial charge in [-0.05, 0) is 30.5 Å². The van der Waals surface area contributed by atoms with Gasteiger partial charge in [-0.15, -0.1) is 0 Å². The summed E-state index contributed by atoms with van der Waals surface area (Å²) in [4.78, 5) is 23.5. The van der Waals surface area contributed by atoms with Crippen LogP contribution in [0.3, 0.4) is 0 Å². The summed E-state index contributed by atoms with van der Waals surface area (Å²) < 4.78 is 1.98. The van der Waals surface area contributed by atoms with Crippen molar-refractivity contribution in [2.45, 2.75) is 32.7 Å². The Kier molecular flexibility index (Phi) is 4.64. The van der Waals surface area contributed by atoms with Gasteiger partial charge in [0.25, 0.3) is 0 Å². The van der Waals surface area contributed by atoms with Crippen LogP contribution >= 0.6 is 11.6 Å². The first kappa shape index (κ1) is 17.0. The van der Waals surface area contributed by atoms with E-state index in [1.807, 2.05) is 45.8 Å². The number of carbonyl (C=O) groups excluding carboxylic acids is 1. The number of fused-ring (bicyclic) bond motifs is 1. The van der Waals surface area contributed by atoms with Crippen LogP contribution in [0.25, 0.3) is 17.0 Å². The number of halogens is 1. The molecule has 0 aliphatic carbocycles. The minimum Gasteiger partial charge on any atom is -0.336 e. The van der Waals surface area contributed by atoms with Crippen LogP contribution in [0, 0.1) is 5.92 Å². The first-order chi connectivity index (χ1) is 12.7. The summed E-state index contributed by atoms with van der Waals surface area (Å²) in [5.41, 5.74) is 2.82. The van der Waals surface area contributed by atoms with Gasteiger partial charge in [-0.1, -0.05) is 37.1 Å². The molecule has 4 rings (SSSR count). The zero-order valence-electron chi connectivity index (χ0n) is 14.7. The first-order valence-electron chi connectivity index (χ1n) is 9.01. The smallest absolute Gasteiger partial charge is 0.234 e. The largest absolute Gasteiger partial charge is 0.336 e. The number of aromatic nitrogens is 3. The molecule has 1 aliphatic rings. The Labute approximate surface area is 157 Å². The number of rotatable bonds is 5. The van der Waals surface area contributed by atoms with Crippen molar-refractivity contribution >= 4 is 23.3 Å². The van der Waals surface area contributed by atoms with Crippen molar-refractivity contribution in [2.75, 3.05) is 6.54 Å². The molecule has 3 heterocycles. The van der Waals surface area contributed by atoms with Gasteiger partial charge in [0.05, 0.1) is 17.9 Å². The maximum absolute atomic E-state index is 12.5. The molecule has 1 fully saturated rings. The third-order valence-electron chi connectivity index (χ3n) is 4.95. The van der Waals surface area contributed by atoms with Gasteiger partial charge in [-0.2, -0.15) is 0 Å². The molecule has 134 valence electrons. The second-order valence-corrected chi connectivity index (χ2v) is 7.27. The van der Waals surface area contributed by atoms with Crippen LogP contribution in [-0.2, 0) is 11.3 Å². The zero-order valence-corrected chi connectivity index (χ0v) is 15.5. The van der Waals surface area contributed by atoms with Crippen molar-refractivity contribution in [3.05, 3.63) is 53.4 Å². The number of hydrogen-bond donors (Lipinski definition) is 0. The fourth-order valence-electron chi connectivity index (χ4n) is 3.71. The van der Waals surface area contributed by atoms with Crippen LogP contribution in [0.2, 0.25) is 5.02 Å². The third kappa shape index (κ3) is 3.19. The lowest BCUT2D eigenvalue weighted by Crippen LogP contribution is -2.25. The van der Waals surface area contributed by atoms with Gasteiger partial charge in [0.2, 0.25) is 11.7 Å². The highest BCUT2D eigenvalue weighted by molar-refractivity contribution is 6.30. The molecule has 1 unspecified atom stereocenters. The monoisotopic (exact) mass is 368 g/mol. The fourth-order valence-corrected chi connectivity index (χ4v) is 3.84. The molecule has 1 saturated heterocycles. The van der Waals surface area contributed by atoms with Gasteiger partial charge in [0.15, 0.2) is 0 Å². The molecule has 1 aliphatic heterocycles. The Hall–Kier alpha value is -2.40. The summed E-state index contributed by atoms with van der Waals surface area (Å²) in [7, 11) is 0. The molecule has 1 atom stereocenters. The Morgan fingerprint density at radius 2 is 2.08 bits per heavy atom. The van der Waals surface area contributed by atoms with E-state index in [9.17, 15) is 4.79 Å². The van der Waals surface area contributed by atoms with Crippen molar-refractivity contribution in [1.29, 1.82) is 0 Å². The maximum Gasteiger partial charge on any atom is 0.234 e. The van der Waals surface area contributed by atoms with Crippen LogP contribution < -0.4 is 0 Å². The molecule has 26 heavy (non-hydrogen) atoms. The predicted octanol–water partition coefficient (Wildman–Crippen LogP) is 4.20. The van der Waals surface area contributed by atoms with Crippen molar-refractivity contribution < 1.29 is 4.79 Å². The number of carbonyl (C=O) groups is 1. The standard InChI is InChI=1S/C20H21ClN4O/c1-2-4-14-11-18(26)24(12-14)13-17-19(15-5-7-16(21)8-6-15)23-20-22-9-3-10-25(17)20/h3,5-10,14H,2,4,11-13H2,1H3. The molecule has 0 saturated carbocycles. The number of hydrogen-bond acceptors (Lipinski definition) is 3. The van der Waals surface area contributed by atoms with E-state index in [0.717, 1.165) is 36.3 Å². The minimum atomic E-state index is 0.226. The van der Waals surface area contributed by atoms with E-state index in [1.165, 1.54) is 0 Å². The highest BCUT2D eigenvalue weighted by atomic mass is 35.5. The van der Waals surface area contributed by atoms with Crippen molar-refractivity contribution in [1.82, 2.24) is 19.3 Å². The van der Waals surface area contributed by atoms with E-state index in [1.54, 1.807) is 6.20 Å². The van der Waals surface area contributed by atoms with Crippen LogP contribution in [-0.4, -0.2) is 31.7 Å². The Balaban J connectivity index is 1.72. The topological polar surface area (TPSA) is 50.5 Å². The number of amides is 1.